The molecule has 3 heterocycles. The number of ketones is 1. The Bertz CT molecular complexity index is 923. The first-order valence-corrected chi connectivity index (χ1v) is 8.05. The number of carbonyl (C=O) groups excluding carboxylic acids is 1. The van der Waals surface area contributed by atoms with Crippen LogP contribution in [0.1, 0.15) is 5.69 Å². The molecule has 0 radical (unpaired) electrons. The van der Waals surface area contributed by atoms with Crippen LogP contribution in [-0.2, 0) is 21.7 Å². The zero-order chi connectivity index (χ0) is 19.8. The van der Waals surface area contributed by atoms with Crippen molar-refractivity contribution in [3.05, 3.63) is 51.3 Å². The van der Waals surface area contributed by atoms with Crippen LogP contribution in [0.3, 0.4) is 0 Å². The van der Waals surface area contributed by atoms with E-state index in [9.17, 15) is 29.7 Å². The molecule has 0 aliphatic carbocycles. The fraction of sp³-hybridized carbons (Fsp3) is 0.467. The smallest absolute Gasteiger partial charge is 0.331 e. The lowest BCUT2D eigenvalue weighted by molar-refractivity contribution is -0.177. The molecule has 0 amide bonds. The van der Waals surface area contributed by atoms with Gasteiger partial charge in [-0.25, -0.2) is 9.78 Å². The highest BCUT2D eigenvalue weighted by Gasteiger charge is 2.61. The van der Waals surface area contributed by atoms with Crippen molar-refractivity contribution in [1.29, 1.82) is 0 Å². The lowest BCUT2D eigenvalue weighted by Gasteiger charge is -2.34. The summed E-state index contributed by atoms with van der Waals surface area (Å²) >= 11 is 0. The van der Waals surface area contributed by atoms with Gasteiger partial charge >= 0.3 is 5.69 Å². The average Bonchev–Trinajstić information content (AvgIpc) is 3.23. The highest BCUT2D eigenvalue weighted by Crippen LogP contribution is 2.36. The number of rotatable bonds is 6. The monoisotopic (exact) mass is 381 g/mol. The van der Waals surface area contributed by atoms with E-state index in [-0.39, 0.29) is 6.42 Å². The molecule has 1 saturated heterocycles. The van der Waals surface area contributed by atoms with Crippen LogP contribution in [0.2, 0.25) is 0 Å². The molecule has 7 N–H and O–H groups in total. The van der Waals surface area contributed by atoms with Gasteiger partial charge in [0.05, 0.1) is 19.0 Å². The van der Waals surface area contributed by atoms with E-state index in [1.165, 1.54) is 12.5 Å². The van der Waals surface area contributed by atoms with E-state index < -0.39 is 53.7 Å². The summed E-state index contributed by atoms with van der Waals surface area (Å²) in [7, 11) is 0. The second kappa shape index (κ2) is 7.17. The van der Waals surface area contributed by atoms with E-state index in [1.54, 1.807) is 0 Å². The summed E-state index contributed by atoms with van der Waals surface area (Å²) in [5.41, 5.74) is 2.29. The van der Waals surface area contributed by atoms with Gasteiger partial charge in [0.15, 0.2) is 0 Å². The summed E-state index contributed by atoms with van der Waals surface area (Å²) in [6.45, 7) is -0.721. The standard InChI is InChI=1S/C15H19N5O7/c16-8(3-7-4-17-6-18-7)12(24)15(13(25)11(23)9(5-21)27-15)20-2-1-10(22)19-14(20)26/h1-2,4,6,8-9,11,13,21,23,25H,3,5,16H2,(H,17,18)(H,19,22,26)/t8-,9+,11+,13+,15+/m0/s1. The molecule has 5 atom stereocenters. The number of aliphatic hydroxyl groups excluding tert-OH is 3. The van der Waals surface area contributed by atoms with E-state index in [4.69, 9.17) is 10.5 Å². The first-order valence-electron chi connectivity index (χ1n) is 8.05. The van der Waals surface area contributed by atoms with E-state index in [1.807, 2.05) is 4.98 Å². The summed E-state index contributed by atoms with van der Waals surface area (Å²) in [6.07, 6.45) is -1.16. The Hall–Kier alpha value is -2.64. The van der Waals surface area contributed by atoms with Gasteiger partial charge in [-0.2, -0.15) is 0 Å². The molecule has 1 aliphatic heterocycles. The second-order valence-electron chi connectivity index (χ2n) is 6.20. The van der Waals surface area contributed by atoms with E-state index in [0.717, 1.165) is 12.3 Å². The molecule has 12 nitrogen and oxygen atoms in total. The number of hydrogen-bond donors (Lipinski definition) is 6. The number of nitrogens with two attached hydrogens (primary N) is 1. The largest absolute Gasteiger partial charge is 0.394 e. The number of aromatic nitrogens is 4. The second-order valence-corrected chi connectivity index (χ2v) is 6.20. The number of nitrogens with zero attached hydrogens (tertiary/aromatic N) is 2. The third-order valence-corrected chi connectivity index (χ3v) is 4.48. The average molecular weight is 381 g/mol. The van der Waals surface area contributed by atoms with Crippen LogP contribution in [0, 0.1) is 0 Å². The van der Waals surface area contributed by atoms with Gasteiger partial charge in [-0.05, 0) is 0 Å². The van der Waals surface area contributed by atoms with Crippen molar-refractivity contribution >= 4 is 5.78 Å². The summed E-state index contributed by atoms with van der Waals surface area (Å²) in [5, 5.41) is 30.1. The van der Waals surface area contributed by atoms with E-state index >= 15 is 0 Å². The summed E-state index contributed by atoms with van der Waals surface area (Å²) in [6, 6.07) is -0.311. The third kappa shape index (κ3) is 3.13. The van der Waals surface area contributed by atoms with Crippen molar-refractivity contribution < 1.29 is 24.9 Å². The van der Waals surface area contributed by atoms with Crippen molar-refractivity contribution in [2.45, 2.75) is 36.5 Å². The van der Waals surface area contributed by atoms with Gasteiger partial charge in [0, 0.05) is 30.6 Å². The molecular weight excluding hydrogens is 362 g/mol. The molecule has 0 aromatic carbocycles. The molecule has 3 rings (SSSR count). The summed E-state index contributed by atoms with van der Waals surface area (Å²) < 4.78 is 6.13. The highest BCUT2D eigenvalue weighted by atomic mass is 16.6. The van der Waals surface area contributed by atoms with E-state index in [2.05, 4.69) is 9.97 Å². The minimum atomic E-state index is -2.42. The van der Waals surface area contributed by atoms with Crippen molar-refractivity contribution in [2.75, 3.05) is 6.61 Å². The van der Waals surface area contributed by atoms with Gasteiger partial charge in [0.2, 0.25) is 11.5 Å². The number of H-pyrrole nitrogens is 2. The van der Waals surface area contributed by atoms with Gasteiger partial charge in [0.25, 0.3) is 5.56 Å². The van der Waals surface area contributed by atoms with Crippen LogP contribution in [0.5, 0.6) is 0 Å². The molecular formula is C15H19N5O7. The topological polar surface area (TPSA) is 197 Å². The lowest BCUT2D eigenvalue weighted by Crippen LogP contribution is -2.61. The number of nitrogens with one attached hydrogen (secondary N) is 2. The van der Waals surface area contributed by atoms with Gasteiger partial charge in [-0.1, -0.05) is 0 Å². The molecule has 0 saturated carbocycles. The number of hydrogen-bond acceptors (Lipinski definition) is 9. The molecule has 0 bridgehead atoms. The molecule has 2 aromatic rings. The van der Waals surface area contributed by atoms with Crippen LogP contribution >= 0.6 is 0 Å². The molecule has 1 fully saturated rings. The fourth-order valence-corrected chi connectivity index (χ4v) is 3.14. The zero-order valence-electron chi connectivity index (χ0n) is 14.0. The van der Waals surface area contributed by atoms with Crippen molar-refractivity contribution in [2.24, 2.45) is 5.73 Å². The maximum atomic E-state index is 13.2. The lowest BCUT2D eigenvalue weighted by atomic mass is 9.92. The Morgan fingerprint density at radius 2 is 2.19 bits per heavy atom. The van der Waals surface area contributed by atoms with Crippen LogP contribution < -0.4 is 17.0 Å². The Labute approximate surface area is 151 Å². The molecule has 1 aliphatic rings. The number of carbonyl (C=O) groups is 1. The van der Waals surface area contributed by atoms with Crippen LogP contribution in [0.4, 0.5) is 0 Å². The van der Waals surface area contributed by atoms with Crippen molar-refractivity contribution in [3.63, 3.8) is 0 Å². The Morgan fingerprint density at radius 3 is 2.74 bits per heavy atom. The summed E-state index contributed by atoms with van der Waals surface area (Å²) in [5.74, 6) is -0.922. The third-order valence-electron chi connectivity index (χ3n) is 4.48. The van der Waals surface area contributed by atoms with Crippen LogP contribution in [0.25, 0.3) is 0 Å². The molecule has 0 spiro atoms. The molecule has 27 heavy (non-hydrogen) atoms. The Kier molecular flexibility index (Phi) is 5.08. The Balaban J connectivity index is 2.09. The SMILES string of the molecule is N[C@@H](Cc1cnc[nH]1)C(=O)[C@@]1(n2ccc(=O)[nH]c2=O)O[C@H](CO)[C@@H](O)[C@H]1O. The summed E-state index contributed by atoms with van der Waals surface area (Å²) in [4.78, 5) is 45.3. The van der Waals surface area contributed by atoms with Crippen LogP contribution in [-0.4, -0.2) is 71.6 Å². The molecule has 12 heteroatoms. The number of aliphatic hydroxyl groups is 3. The van der Waals surface area contributed by atoms with Crippen LogP contribution in [0.15, 0.2) is 34.4 Å². The minimum Gasteiger partial charge on any atom is -0.394 e. The fourth-order valence-electron chi connectivity index (χ4n) is 3.14. The number of imidazole rings is 1. The quantitative estimate of drug-likeness (QED) is 0.290. The normalized spacial score (nSPS) is 29.0. The van der Waals surface area contributed by atoms with Crippen molar-refractivity contribution in [3.8, 4) is 0 Å². The predicted molar refractivity (Wildman–Crippen MR) is 88.5 cm³/mol. The molecule has 2 aromatic heterocycles. The zero-order valence-corrected chi connectivity index (χ0v) is 14.0. The maximum absolute atomic E-state index is 13.2. The van der Waals surface area contributed by atoms with Gasteiger partial charge in [-0.3, -0.25) is 19.1 Å². The minimum absolute atomic E-state index is 0.0192. The maximum Gasteiger partial charge on any atom is 0.331 e. The molecule has 146 valence electrons. The van der Waals surface area contributed by atoms with Gasteiger partial charge in [0.1, 0.15) is 18.3 Å². The molecule has 0 unspecified atom stereocenters. The highest BCUT2D eigenvalue weighted by molar-refractivity contribution is 5.91. The van der Waals surface area contributed by atoms with Gasteiger partial charge in [-0.15, -0.1) is 0 Å². The predicted octanol–water partition coefficient (Wildman–Crippen LogP) is -3.84. The van der Waals surface area contributed by atoms with Crippen molar-refractivity contribution in [1.82, 2.24) is 19.5 Å². The first-order chi connectivity index (χ1) is 12.8. The number of Topliss-reactive ketones (excluding diaryl/α,β-unsaturated/α-hetero) is 1. The first kappa shape index (κ1) is 19.1. The Morgan fingerprint density at radius 1 is 1.44 bits per heavy atom. The number of ether oxygens (including phenoxy) is 1. The number of aromatic amines is 2. The van der Waals surface area contributed by atoms with E-state index in [0.29, 0.717) is 10.3 Å². The van der Waals surface area contributed by atoms with Gasteiger partial charge < -0.3 is 30.8 Å².